The number of nitrogens with one attached hydrogen (secondary N) is 1. The number of hydrogen-bond donors (Lipinski definition) is 1. The van der Waals surface area contributed by atoms with E-state index in [1.165, 1.54) is 12.1 Å². The van der Waals surface area contributed by atoms with Crippen LogP contribution in [0.5, 0.6) is 5.75 Å². The van der Waals surface area contributed by atoms with Crippen molar-refractivity contribution in [2.45, 2.75) is 31.4 Å². The molecule has 5 nitrogen and oxygen atoms in total. The van der Waals surface area contributed by atoms with Gasteiger partial charge < -0.3 is 14.6 Å². The van der Waals surface area contributed by atoms with Crippen molar-refractivity contribution < 1.29 is 27.1 Å². The Morgan fingerprint density at radius 3 is 2.60 bits per heavy atom. The fraction of sp³-hybridized carbons (Fsp3) is 0.320. The molecule has 0 bridgehead atoms. The smallest absolute Gasteiger partial charge is 0.416 e. The van der Waals surface area contributed by atoms with Crippen molar-refractivity contribution in [1.29, 1.82) is 0 Å². The lowest BCUT2D eigenvalue weighted by atomic mass is 10.0. The Balaban J connectivity index is 1.25. The van der Waals surface area contributed by atoms with Gasteiger partial charge in [0.05, 0.1) is 11.6 Å². The second-order valence-electron chi connectivity index (χ2n) is 8.43. The van der Waals surface area contributed by atoms with Gasteiger partial charge in [0, 0.05) is 42.7 Å². The van der Waals surface area contributed by atoms with E-state index in [0.29, 0.717) is 36.0 Å². The van der Waals surface area contributed by atoms with Gasteiger partial charge >= 0.3 is 6.18 Å². The maximum atomic E-state index is 14.8. The molecule has 2 heterocycles. The number of ether oxygens (including phenoxy) is 1. The number of hydrogen-bond acceptors (Lipinski definition) is 3. The van der Waals surface area contributed by atoms with Crippen molar-refractivity contribution in [3.05, 3.63) is 83.1 Å². The Morgan fingerprint density at radius 1 is 1.14 bits per heavy atom. The van der Waals surface area contributed by atoms with Crippen LogP contribution in [0.3, 0.4) is 0 Å². The monoisotopic (exact) mass is 509 g/mol. The van der Waals surface area contributed by atoms with Crippen LogP contribution in [0.2, 0.25) is 5.02 Å². The molecule has 10 heteroatoms. The van der Waals surface area contributed by atoms with Crippen LogP contribution < -0.4 is 10.1 Å². The Bertz CT molecular complexity index is 1150. The molecule has 2 atom stereocenters. The van der Waals surface area contributed by atoms with Crippen LogP contribution in [-0.2, 0) is 17.5 Å². The molecule has 1 fully saturated rings. The molecule has 0 radical (unpaired) electrons. The minimum absolute atomic E-state index is 0.158. The van der Waals surface area contributed by atoms with Crippen LogP contribution in [0.15, 0.2) is 67.0 Å². The molecule has 1 aliphatic rings. The molecule has 0 unspecified atom stereocenters. The number of alkyl halides is 4. The van der Waals surface area contributed by atoms with Gasteiger partial charge in [-0.2, -0.15) is 13.2 Å². The van der Waals surface area contributed by atoms with E-state index >= 15 is 0 Å². The minimum atomic E-state index is -4.38. The third-order valence-electron chi connectivity index (χ3n) is 5.79. The molecule has 1 aromatic heterocycles. The number of piperidine rings is 1. The van der Waals surface area contributed by atoms with Crippen LogP contribution in [-0.4, -0.2) is 47.3 Å². The molecule has 1 amide bonds. The quantitative estimate of drug-likeness (QED) is 0.442. The van der Waals surface area contributed by atoms with Gasteiger partial charge in [0.1, 0.15) is 11.9 Å². The summed E-state index contributed by atoms with van der Waals surface area (Å²) >= 11 is 5.89. The van der Waals surface area contributed by atoms with Crippen LogP contribution in [0.25, 0.3) is 5.69 Å². The summed E-state index contributed by atoms with van der Waals surface area (Å²) in [7, 11) is 0. The highest BCUT2D eigenvalue weighted by Crippen LogP contribution is 2.29. The van der Waals surface area contributed by atoms with Crippen LogP contribution in [0, 0.1) is 0 Å². The van der Waals surface area contributed by atoms with E-state index in [1.54, 1.807) is 35.0 Å². The van der Waals surface area contributed by atoms with Gasteiger partial charge in [-0.15, -0.1) is 0 Å². The average molecular weight is 510 g/mol. The van der Waals surface area contributed by atoms with Crippen molar-refractivity contribution in [1.82, 2.24) is 14.8 Å². The number of amides is 1. The fourth-order valence-electron chi connectivity index (χ4n) is 4.00. The van der Waals surface area contributed by atoms with E-state index in [-0.39, 0.29) is 13.2 Å². The van der Waals surface area contributed by atoms with Gasteiger partial charge in [0.15, 0.2) is 6.61 Å². The number of benzene rings is 2. The zero-order valence-electron chi connectivity index (χ0n) is 18.6. The molecule has 0 saturated carbocycles. The normalized spacial score (nSPS) is 18.9. The van der Waals surface area contributed by atoms with Crippen molar-refractivity contribution in [2.24, 2.45) is 0 Å². The summed E-state index contributed by atoms with van der Waals surface area (Å²) in [6.45, 7) is 1.01. The van der Waals surface area contributed by atoms with Gasteiger partial charge in [0.25, 0.3) is 5.91 Å². The summed E-state index contributed by atoms with van der Waals surface area (Å²) in [4.78, 5) is 14.1. The molecule has 0 spiro atoms. The highest BCUT2D eigenvalue weighted by Gasteiger charge is 2.31. The summed E-state index contributed by atoms with van der Waals surface area (Å²) in [5.74, 6) is 0.0576. The van der Waals surface area contributed by atoms with E-state index in [9.17, 15) is 22.4 Å². The maximum absolute atomic E-state index is 14.8. The predicted octanol–water partition coefficient (Wildman–Crippen LogP) is 5.26. The van der Waals surface area contributed by atoms with E-state index in [1.807, 2.05) is 17.2 Å². The Hall–Kier alpha value is -3.04. The van der Waals surface area contributed by atoms with E-state index in [0.717, 1.165) is 17.7 Å². The zero-order valence-corrected chi connectivity index (χ0v) is 19.4. The lowest BCUT2D eigenvalue weighted by Crippen LogP contribution is -2.52. The van der Waals surface area contributed by atoms with E-state index in [4.69, 9.17) is 16.3 Å². The molecule has 1 N–H and O–H groups in total. The lowest BCUT2D eigenvalue weighted by molar-refractivity contribution is -0.137. The van der Waals surface area contributed by atoms with Gasteiger partial charge in [-0.05, 0) is 60.5 Å². The molecule has 1 aliphatic heterocycles. The van der Waals surface area contributed by atoms with Crippen LogP contribution >= 0.6 is 11.6 Å². The van der Waals surface area contributed by atoms with Gasteiger partial charge in [-0.1, -0.05) is 17.7 Å². The van der Waals surface area contributed by atoms with Crippen molar-refractivity contribution in [3.8, 4) is 11.4 Å². The second kappa shape index (κ2) is 10.7. The number of carbonyl (C=O) groups is 1. The Morgan fingerprint density at radius 2 is 1.91 bits per heavy atom. The van der Waals surface area contributed by atoms with Gasteiger partial charge in [-0.3, -0.25) is 9.69 Å². The van der Waals surface area contributed by atoms with E-state index in [2.05, 4.69) is 5.32 Å². The molecule has 186 valence electrons. The van der Waals surface area contributed by atoms with Crippen LogP contribution in [0.1, 0.15) is 17.5 Å². The van der Waals surface area contributed by atoms with Crippen molar-refractivity contribution >= 4 is 17.5 Å². The van der Waals surface area contributed by atoms with Crippen LogP contribution in [0.4, 0.5) is 17.6 Å². The predicted molar refractivity (Wildman–Crippen MR) is 124 cm³/mol. The minimum Gasteiger partial charge on any atom is -0.484 e. The van der Waals surface area contributed by atoms with Gasteiger partial charge in [-0.25, -0.2) is 4.39 Å². The molecule has 2 aromatic carbocycles. The largest absolute Gasteiger partial charge is 0.484 e. The summed E-state index contributed by atoms with van der Waals surface area (Å²) in [5, 5.41) is 3.19. The van der Waals surface area contributed by atoms with Crippen molar-refractivity contribution in [3.63, 3.8) is 0 Å². The first-order valence-corrected chi connectivity index (χ1v) is 11.4. The molecular weight excluding hydrogens is 486 g/mol. The number of carbonyl (C=O) groups excluding carboxylic acids is 1. The summed E-state index contributed by atoms with van der Waals surface area (Å²) in [6.07, 6.45) is -1.59. The molecule has 1 saturated heterocycles. The molecular formula is C25H24ClF4N3O2. The van der Waals surface area contributed by atoms with Crippen molar-refractivity contribution in [2.75, 3.05) is 19.7 Å². The molecule has 3 aromatic rings. The SMILES string of the molecule is O=C(COc1cccc(Cl)c1)N[C@H]1CCN(Cc2ccn(-c3ccc(C(F)(F)F)cc3)c2)C[C@@H]1F. The zero-order chi connectivity index (χ0) is 25.0. The highest BCUT2D eigenvalue weighted by molar-refractivity contribution is 6.30. The van der Waals surface area contributed by atoms with E-state index < -0.39 is 29.9 Å². The van der Waals surface area contributed by atoms with Gasteiger partial charge in [0.2, 0.25) is 0 Å². The lowest BCUT2D eigenvalue weighted by Gasteiger charge is -2.34. The molecule has 4 rings (SSSR count). The number of nitrogens with zero attached hydrogens (tertiary/aromatic N) is 2. The molecule has 35 heavy (non-hydrogen) atoms. The average Bonchev–Trinajstić information content (AvgIpc) is 3.27. The number of rotatable bonds is 7. The summed E-state index contributed by atoms with van der Waals surface area (Å²) in [6, 6.07) is 12.8. The molecule has 0 aliphatic carbocycles. The first kappa shape index (κ1) is 25.1. The Kier molecular flexibility index (Phi) is 7.66. The first-order valence-electron chi connectivity index (χ1n) is 11.1. The highest BCUT2D eigenvalue weighted by atomic mass is 35.5. The maximum Gasteiger partial charge on any atom is 0.416 e. The summed E-state index contributed by atoms with van der Waals surface area (Å²) in [5.41, 5.74) is 0.817. The number of aromatic nitrogens is 1. The third-order valence-corrected chi connectivity index (χ3v) is 6.03. The third kappa shape index (κ3) is 6.76. The summed E-state index contributed by atoms with van der Waals surface area (Å²) < 4.78 is 60.2. The second-order valence-corrected chi connectivity index (χ2v) is 8.87. The topological polar surface area (TPSA) is 46.5 Å². The standard InChI is InChI=1S/C25H24ClF4N3O2/c26-19-2-1-3-21(12-19)35-16-24(34)31-23-9-10-32(15-22(23)27)13-17-8-11-33(14-17)20-6-4-18(5-7-20)25(28,29)30/h1-8,11-12,14,22-23H,9-10,13,15-16H2,(H,31,34)/t22-,23-/m0/s1. The number of halogens is 5. The fourth-order valence-corrected chi connectivity index (χ4v) is 4.18. The number of likely N-dealkylation sites (tertiary alicyclic amines) is 1. The Labute approximate surface area is 205 Å². The first-order chi connectivity index (χ1) is 16.7.